The lowest BCUT2D eigenvalue weighted by molar-refractivity contribution is -0.0508. The number of carbonyl (C=O) groups is 2. The van der Waals surface area contributed by atoms with Gasteiger partial charge in [-0.05, 0) is 60.9 Å². The van der Waals surface area contributed by atoms with E-state index in [1.54, 1.807) is 7.11 Å². The lowest BCUT2D eigenvalue weighted by Crippen LogP contribution is -2.53. The normalized spacial score (nSPS) is 16.5. The third-order valence-corrected chi connectivity index (χ3v) is 8.41. The molecule has 202 valence electrons. The predicted octanol–water partition coefficient (Wildman–Crippen LogP) is 4.24. The Hall–Kier alpha value is -4.11. The zero-order valence-corrected chi connectivity index (χ0v) is 22.1. The van der Waals surface area contributed by atoms with Crippen molar-refractivity contribution in [1.29, 1.82) is 0 Å². The summed E-state index contributed by atoms with van der Waals surface area (Å²) in [5.41, 5.74) is 11.4. The number of rotatable bonds is 7. The van der Waals surface area contributed by atoms with Gasteiger partial charge >= 0.3 is 6.09 Å². The second-order valence-electron chi connectivity index (χ2n) is 10.6. The number of hydrogen-bond acceptors (Lipinski definition) is 5. The average Bonchev–Trinajstić information content (AvgIpc) is 3.57. The molecular formula is C30H33N5O4. The van der Waals surface area contributed by atoms with Gasteiger partial charge in [0.05, 0.1) is 28.7 Å². The van der Waals surface area contributed by atoms with Crippen LogP contribution in [0.1, 0.15) is 46.3 Å². The Bertz CT molecular complexity index is 1560. The van der Waals surface area contributed by atoms with Gasteiger partial charge in [0.15, 0.2) is 5.65 Å². The quantitative estimate of drug-likeness (QED) is 0.372. The minimum absolute atomic E-state index is 0.295. The lowest BCUT2D eigenvalue weighted by atomic mass is 9.89. The Labute approximate surface area is 226 Å². The van der Waals surface area contributed by atoms with Crippen LogP contribution in [0.4, 0.5) is 10.6 Å². The number of carbonyl (C=O) groups excluding carboxylic acids is 1. The molecule has 0 unspecified atom stereocenters. The number of primary amides is 1. The summed E-state index contributed by atoms with van der Waals surface area (Å²) in [4.78, 5) is 33.5. The monoisotopic (exact) mass is 527 g/mol. The molecule has 0 atom stereocenters. The van der Waals surface area contributed by atoms with E-state index in [-0.39, 0.29) is 0 Å². The zero-order valence-electron chi connectivity index (χ0n) is 22.1. The van der Waals surface area contributed by atoms with Crippen molar-refractivity contribution in [3.05, 3.63) is 76.9 Å². The highest BCUT2D eigenvalue weighted by atomic mass is 16.5. The Balaban J connectivity index is 1.35. The third-order valence-electron chi connectivity index (χ3n) is 8.41. The lowest BCUT2D eigenvalue weighted by Gasteiger charge is -2.44. The SMILES string of the molecule is COC1(CN(Cc2ccccc2)C(=O)O)CCN(c2c3c(c(C(N)=O)c4nc5ccccc5n24)CCC3)CC1. The van der Waals surface area contributed by atoms with E-state index in [0.717, 1.165) is 47.2 Å². The number of amides is 2. The molecule has 1 fully saturated rings. The first-order valence-corrected chi connectivity index (χ1v) is 13.5. The van der Waals surface area contributed by atoms with Gasteiger partial charge in [-0.25, -0.2) is 9.78 Å². The van der Waals surface area contributed by atoms with Gasteiger partial charge in [0.2, 0.25) is 0 Å². The van der Waals surface area contributed by atoms with Crippen LogP contribution >= 0.6 is 0 Å². The number of para-hydroxylation sites is 2. The Morgan fingerprint density at radius 3 is 2.44 bits per heavy atom. The summed E-state index contributed by atoms with van der Waals surface area (Å²) in [5, 5.41) is 9.99. The van der Waals surface area contributed by atoms with Crippen LogP contribution in [0.25, 0.3) is 16.7 Å². The fourth-order valence-electron chi connectivity index (χ4n) is 6.43. The van der Waals surface area contributed by atoms with E-state index in [9.17, 15) is 14.7 Å². The van der Waals surface area contributed by atoms with Crippen molar-refractivity contribution < 1.29 is 19.4 Å². The molecule has 6 rings (SSSR count). The molecule has 0 radical (unpaired) electrons. The molecule has 9 nitrogen and oxygen atoms in total. The van der Waals surface area contributed by atoms with Crippen LogP contribution in [0.15, 0.2) is 54.6 Å². The van der Waals surface area contributed by atoms with Crippen LogP contribution < -0.4 is 10.6 Å². The molecule has 1 aliphatic carbocycles. The number of fused-ring (bicyclic) bond motifs is 4. The topological polar surface area (TPSA) is 113 Å². The molecule has 3 N–H and O–H groups in total. The van der Waals surface area contributed by atoms with E-state index < -0.39 is 17.6 Å². The van der Waals surface area contributed by atoms with Gasteiger partial charge < -0.3 is 25.4 Å². The van der Waals surface area contributed by atoms with Crippen LogP contribution in [-0.4, -0.2) is 63.7 Å². The second kappa shape index (κ2) is 9.89. The van der Waals surface area contributed by atoms with E-state index >= 15 is 0 Å². The molecule has 1 aliphatic heterocycles. The number of nitrogens with two attached hydrogens (primary N) is 1. The minimum atomic E-state index is -0.954. The van der Waals surface area contributed by atoms with Crippen LogP contribution in [0.3, 0.4) is 0 Å². The zero-order chi connectivity index (χ0) is 27.1. The summed E-state index contributed by atoms with van der Waals surface area (Å²) < 4.78 is 8.16. The molecule has 2 aromatic heterocycles. The molecule has 2 amide bonds. The largest absolute Gasteiger partial charge is 0.465 e. The predicted molar refractivity (Wildman–Crippen MR) is 149 cm³/mol. The first kappa shape index (κ1) is 25.2. The number of methoxy groups -OCH3 is 1. The smallest absolute Gasteiger partial charge is 0.407 e. The summed E-state index contributed by atoms with van der Waals surface area (Å²) in [5.74, 6) is 0.629. The molecule has 0 bridgehead atoms. The van der Waals surface area contributed by atoms with E-state index in [1.807, 2.05) is 54.6 Å². The molecule has 2 aromatic carbocycles. The van der Waals surface area contributed by atoms with Gasteiger partial charge in [-0.3, -0.25) is 9.20 Å². The number of imidazole rings is 1. The molecule has 9 heteroatoms. The van der Waals surface area contributed by atoms with Crippen molar-refractivity contribution in [3.63, 3.8) is 0 Å². The van der Waals surface area contributed by atoms with Gasteiger partial charge in [-0.2, -0.15) is 0 Å². The van der Waals surface area contributed by atoms with Gasteiger partial charge in [-0.1, -0.05) is 42.5 Å². The first-order valence-electron chi connectivity index (χ1n) is 13.5. The van der Waals surface area contributed by atoms with Crippen LogP contribution in [-0.2, 0) is 24.1 Å². The number of pyridine rings is 1. The maximum atomic E-state index is 12.6. The third kappa shape index (κ3) is 4.36. The number of ether oxygens (including phenoxy) is 1. The number of nitrogens with zero attached hydrogens (tertiary/aromatic N) is 4. The molecule has 0 saturated carbocycles. The van der Waals surface area contributed by atoms with Gasteiger partial charge in [0.25, 0.3) is 5.91 Å². The summed E-state index contributed by atoms with van der Waals surface area (Å²) in [7, 11) is 1.68. The summed E-state index contributed by atoms with van der Waals surface area (Å²) in [6, 6.07) is 17.6. The number of aromatic nitrogens is 2. The van der Waals surface area contributed by atoms with Crippen molar-refractivity contribution in [2.45, 2.75) is 44.2 Å². The molecule has 2 aliphatic rings. The van der Waals surface area contributed by atoms with Crippen molar-refractivity contribution in [2.75, 3.05) is 31.6 Å². The van der Waals surface area contributed by atoms with E-state index in [2.05, 4.69) is 9.30 Å². The molecule has 3 heterocycles. The number of benzene rings is 2. The molecular weight excluding hydrogens is 494 g/mol. The second-order valence-corrected chi connectivity index (χ2v) is 10.6. The Morgan fingerprint density at radius 2 is 1.74 bits per heavy atom. The van der Waals surface area contributed by atoms with Crippen LogP contribution in [0.5, 0.6) is 0 Å². The Morgan fingerprint density at radius 1 is 1.05 bits per heavy atom. The maximum absolute atomic E-state index is 12.6. The highest BCUT2D eigenvalue weighted by molar-refractivity contribution is 6.03. The summed E-state index contributed by atoms with van der Waals surface area (Å²) >= 11 is 0. The van der Waals surface area contributed by atoms with E-state index in [4.69, 9.17) is 15.5 Å². The van der Waals surface area contributed by atoms with E-state index in [0.29, 0.717) is 50.2 Å². The van der Waals surface area contributed by atoms with Crippen molar-refractivity contribution in [3.8, 4) is 0 Å². The number of piperidine rings is 1. The van der Waals surface area contributed by atoms with Gasteiger partial charge in [-0.15, -0.1) is 0 Å². The Kier molecular flexibility index (Phi) is 6.38. The molecule has 4 aromatic rings. The fraction of sp³-hybridized carbons (Fsp3) is 0.367. The first-order chi connectivity index (χ1) is 18.9. The fourth-order valence-corrected chi connectivity index (χ4v) is 6.43. The minimum Gasteiger partial charge on any atom is -0.465 e. The maximum Gasteiger partial charge on any atom is 0.407 e. The number of anilines is 1. The summed E-state index contributed by atoms with van der Waals surface area (Å²) in [6.45, 7) is 1.99. The van der Waals surface area contributed by atoms with Crippen molar-refractivity contribution in [2.24, 2.45) is 5.73 Å². The molecule has 1 saturated heterocycles. The number of hydrogen-bond donors (Lipinski definition) is 2. The summed E-state index contributed by atoms with van der Waals surface area (Å²) in [6.07, 6.45) is 3.04. The van der Waals surface area contributed by atoms with Crippen molar-refractivity contribution in [1.82, 2.24) is 14.3 Å². The van der Waals surface area contributed by atoms with Gasteiger partial charge in [0, 0.05) is 26.7 Å². The van der Waals surface area contributed by atoms with E-state index in [1.165, 1.54) is 10.5 Å². The van der Waals surface area contributed by atoms with Crippen molar-refractivity contribution >= 4 is 34.5 Å². The highest BCUT2D eigenvalue weighted by Gasteiger charge is 2.40. The molecule has 0 spiro atoms. The van der Waals surface area contributed by atoms with Crippen LogP contribution in [0.2, 0.25) is 0 Å². The average molecular weight is 528 g/mol. The molecule has 39 heavy (non-hydrogen) atoms. The van der Waals surface area contributed by atoms with Crippen LogP contribution in [0, 0.1) is 0 Å². The van der Waals surface area contributed by atoms with Gasteiger partial charge in [0.1, 0.15) is 5.82 Å². The highest BCUT2D eigenvalue weighted by Crippen LogP contribution is 2.40. The number of carboxylic acid groups (broad SMARTS) is 1. The standard InChI is InChI=1S/C30H33N5O4/c1-39-30(19-34(29(37)38)18-20-8-3-2-4-9-20)14-16-33(17-15-30)28-22-11-7-10-21(22)25(26(31)36)27-32-23-12-5-6-13-24(23)35(27)28/h2-6,8-9,12-13H,7,10-11,14-19H2,1H3,(H2,31,36)(H,37,38).